The highest BCUT2D eigenvalue weighted by atomic mass is 79.9. The van der Waals surface area contributed by atoms with Crippen molar-refractivity contribution in [2.45, 2.75) is 19.3 Å². The Bertz CT molecular complexity index is 454. The second kappa shape index (κ2) is 5.77. The van der Waals surface area contributed by atoms with Gasteiger partial charge in [0, 0.05) is 11.4 Å². The van der Waals surface area contributed by atoms with Crippen LogP contribution in [0.2, 0.25) is 0 Å². The van der Waals surface area contributed by atoms with Gasteiger partial charge in [-0.05, 0) is 59.5 Å². The molecule has 17 heavy (non-hydrogen) atoms. The summed E-state index contributed by atoms with van der Waals surface area (Å²) in [6, 6.07) is 11.7. The fraction of sp³-hybridized carbons (Fsp3) is 0.231. The summed E-state index contributed by atoms with van der Waals surface area (Å²) in [5.74, 6) is 0.586. The maximum Gasteiger partial charge on any atom is 0.123 e. The van der Waals surface area contributed by atoms with Crippen LogP contribution in [0.4, 0.5) is 5.82 Å². The van der Waals surface area contributed by atoms with Gasteiger partial charge in [-0.2, -0.15) is 0 Å². The fourth-order valence-electron chi connectivity index (χ4n) is 1.68. The van der Waals surface area contributed by atoms with E-state index in [4.69, 9.17) is 5.73 Å². The zero-order valence-electron chi connectivity index (χ0n) is 9.44. The standard InChI is InChI=1S/C13H14BrN3/c14-12-8-2-6-10(16-12)4-1-5-11-7-3-9-13(15)17-11/h2-3,6-9H,1,4-5H2,(H2,15,17). The molecule has 0 saturated carbocycles. The lowest BCUT2D eigenvalue weighted by molar-refractivity contribution is 0.780. The number of anilines is 1. The number of nitrogens with two attached hydrogens (primary N) is 1. The number of halogens is 1. The van der Waals surface area contributed by atoms with Crippen molar-refractivity contribution in [2.24, 2.45) is 0 Å². The van der Waals surface area contributed by atoms with Crippen molar-refractivity contribution in [3.63, 3.8) is 0 Å². The third-order valence-corrected chi connectivity index (χ3v) is 2.91. The van der Waals surface area contributed by atoms with Crippen molar-refractivity contribution < 1.29 is 0 Å². The van der Waals surface area contributed by atoms with Gasteiger partial charge in [-0.1, -0.05) is 12.1 Å². The van der Waals surface area contributed by atoms with Crippen molar-refractivity contribution in [1.29, 1.82) is 0 Å². The third-order valence-electron chi connectivity index (χ3n) is 2.47. The van der Waals surface area contributed by atoms with E-state index >= 15 is 0 Å². The van der Waals surface area contributed by atoms with Crippen LogP contribution < -0.4 is 5.73 Å². The quantitative estimate of drug-likeness (QED) is 0.881. The predicted octanol–water partition coefficient (Wildman–Crippen LogP) is 3.00. The molecule has 0 fully saturated rings. The van der Waals surface area contributed by atoms with Crippen LogP contribution in [0, 0.1) is 0 Å². The lowest BCUT2D eigenvalue weighted by Gasteiger charge is -2.02. The highest BCUT2D eigenvalue weighted by molar-refractivity contribution is 9.10. The summed E-state index contributed by atoms with van der Waals surface area (Å²) in [4.78, 5) is 8.66. The number of nitrogens with zero attached hydrogens (tertiary/aromatic N) is 2. The van der Waals surface area contributed by atoms with Crippen LogP contribution in [-0.2, 0) is 12.8 Å². The van der Waals surface area contributed by atoms with Crippen molar-refractivity contribution in [1.82, 2.24) is 9.97 Å². The van der Waals surface area contributed by atoms with Crippen LogP contribution in [0.25, 0.3) is 0 Å². The Labute approximate surface area is 109 Å². The molecule has 0 aliphatic rings. The van der Waals surface area contributed by atoms with E-state index in [1.165, 1.54) is 0 Å². The molecule has 2 heterocycles. The van der Waals surface area contributed by atoms with E-state index < -0.39 is 0 Å². The highest BCUT2D eigenvalue weighted by Gasteiger charge is 1.99. The summed E-state index contributed by atoms with van der Waals surface area (Å²) >= 11 is 3.37. The predicted molar refractivity (Wildman–Crippen MR) is 72.6 cm³/mol. The number of rotatable bonds is 4. The normalized spacial score (nSPS) is 10.4. The summed E-state index contributed by atoms with van der Waals surface area (Å²) in [5.41, 5.74) is 7.77. The van der Waals surface area contributed by atoms with Gasteiger partial charge in [0.1, 0.15) is 10.4 Å². The maximum atomic E-state index is 5.63. The number of nitrogen functional groups attached to an aromatic ring is 1. The highest BCUT2D eigenvalue weighted by Crippen LogP contribution is 2.10. The van der Waals surface area contributed by atoms with Crippen molar-refractivity contribution in [2.75, 3.05) is 5.73 Å². The second-order valence-electron chi connectivity index (χ2n) is 3.86. The molecule has 0 aromatic carbocycles. The molecule has 0 spiro atoms. The first-order valence-corrected chi connectivity index (χ1v) is 6.36. The summed E-state index contributed by atoms with van der Waals surface area (Å²) in [6.45, 7) is 0. The summed E-state index contributed by atoms with van der Waals surface area (Å²) in [7, 11) is 0. The SMILES string of the molecule is Nc1cccc(CCCc2cccc(Br)n2)n1. The van der Waals surface area contributed by atoms with Gasteiger partial charge in [-0.25, -0.2) is 9.97 Å². The zero-order chi connectivity index (χ0) is 12.1. The van der Waals surface area contributed by atoms with Crippen LogP contribution in [0.5, 0.6) is 0 Å². The van der Waals surface area contributed by atoms with Gasteiger partial charge in [0.15, 0.2) is 0 Å². The zero-order valence-corrected chi connectivity index (χ0v) is 11.0. The van der Waals surface area contributed by atoms with Gasteiger partial charge in [0.05, 0.1) is 0 Å². The van der Waals surface area contributed by atoms with E-state index in [-0.39, 0.29) is 0 Å². The molecule has 0 saturated heterocycles. The Kier molecular flexibility index (Phi) is 4.09. The molecule has 4 heteroatoms. The smallest absolute Gasteiger partial charge is 0.123 e. The van der Waals surface area contributed by atoms with E-state index in [1.54, 1.807) is 6.07 Å². The van der Waals surface area contributed by atoms with Gasteiger partial charge >= 0.3 is 0 Å². The van der Waals surface area contributed by atoms with Gasteiger partial charge in [0.2, 0.25) is 0 Å². The maximum absolute atomic E-state index is 5.63. The first kappa shape index (κ1) is 12.0. The average molecular weight is 292 g/mol. The van der Waals surface area contributed by atoms with Crippen LogP contribution >= 0.6 is 15.9 Å². The molecular formula is C13H14BrN3. The first-order chi connectivity index (χ1) is 8.24. The van der Waals surface area contributed by atoms with E-state index in [1.807, 2.05) is 30.3 Å². The largest absolute Gasteiger partial charge is 0.384 e. The Morgan fingerprint density at radius 3 is 2.24 bits per heavy atom. The number of aromatic nitrogens is 2. The number of hydrogen-bond donors (Lipinski definition) is 1. The Balaban J connectivity index is 1.87. The number of aryl methyl sites for hydroxylation is 2. The van der Waals surface area contributed by atoms with E-state index in [0.717, 1.165) is 35.3 Å². The van der Waals surface area contributed by atoms with Gasteiger partial charge in [0.25, 0.3) is 0 Å². The van der Waals surface area contributed by atoms with E-state index in [0.29, 0.717) is 5.82 Å². The molecule has 2 rings (SSSR count). The van der Waals surface area contributed by atoms with E-state index in [2.05, 4.69) is 25.9 Å². The average Bonchev–Trinajstić information content (AvgIpc) is 2.29. The second-order valence-corrected chi connectivity index (χ2v) is 4.67. The molecule has 2 N–H and O–H groups in total. The molecule has 88 valence electrons. The van der Waals surface area contributed by atoms with Gasteiger partial charge in [-0.3, -0.25) is 0 Å². The molecule has 2 aromatic heterocycles. The molecule has 2 aromatic rings. The molecule has 0 aliphatic carbocycles. The Hall–Kier alpha value is -1.42. The third kappa shape index (κ3) is 3.82. The molecule has 3 nitrogen and oxygen atoms in total. The molecular weight excluding hydrogens is 278 g/mol. The van der Waals surface area contributed by atoms with Crippen LogP contribution in [-0.4, -0.2) is 9.97 Å². The topological polar surface area (TPSA) is 51.8 Å². The van der Waals surface area contributed by atoms with Crippen LogP contribution in [0.3, 0.4) is 0 Å². The van der Waals surface area contributed by atoms with Crippen LogP contribution in [0.15, 0.2) is 41.0 Å². The lowest BCUT2D eigenvalue weighted by atomic mass is 10.1. The molecule has 0 bridgehead atoms. The molecule has 0 radical (unpaired) electrons. The van der Waals surface area contributed by atoms with E-state index in [9.17, 15) is 0 Å². The minimum Gasteiger partial charge on any atom is -0.384 e. The molecule has 0 unspecified atom stereocenters. The summed E-state index contributed by atoms with van der Waals surface area (Å²) in [5, 5.41) is 0. The summed E-state index contributed by atoms with van der Waals surface area (Å²) in [6.07, 6.45) is 2.91. The van der Waals surface area contributed by atoms with Crippen molar-refractivity contribution in [3.8, 4) is 0 Å². The minimum atomic E-state index is 0.586. The van der Waals surface area contributed by atoms with Crippen molar-refractivity contribution in [3.05, 3.63) is 52.4 Å². The lowest BCUT2D eigenvalue weighted by Crippen LogP contribution is -1.97. The minimum absolute atomic E-state index is 0.586. The van der Waals surface area contributed by atoms with Gasteiger partial charge < -0.3 is 5.73 Å². The summed E-state index contributed by atoms with van der Waals surface area (Å²) < 4.78 is 0.886. The van der Waals surface area contributed by atoms with Gasteiger partial charge in [-0.15, -0.1) is 0 Å². The molecule has 0 atom stereocenters. The molecule has 0 aliphatic heterocycles. The molecule has 0 amide bonds. The first-order valence-electron chi connectivity index (χ1n) is 5.57. The number of hydrogen-bond acceptors (Lipinski definition) is 3. The number of pyridine rings is 2. The monoisotopic (exact) mass is 291 g/mol. The van der Waals surface area contributed by atoms with Crippen LogP contribution in [0.1, 0.15) is 17.8 Å². The Morgan fingerprint density at radius 1 is 0.941 bits per heavy atom. The van der Waals surface area contributed by atoms with Crippen molar-refractivity contribution >= 4 is 21.7 Å². The Morgan fingerprint density at radius 2 is 1.59 bits per heavy atom. The fourth-order valence-corrected chi connectivity index (χ4v) is 2.06.